The van der Waals surface area contributed by atoms with Crippen molar-refractivity contribution in [2.45, 2.75) is 0 Å². The number of rotatable bonds is 3. The number of fused-ring (bicyclic) bond motifs is 8. The molecule has 10 rings (SSSR count). The Morgan fingerprint density at radius 1 is 0.298 bits per heavy atom. The number of hydrogen-bond acceptors (Lipinski definition) is 2. The van der Waals surface area contributed by atoms with Crippen LogP contribution in [-0.2, 0) is 0 Å². The van der Waals surface area contributed by atoms with Gasteiger partial charge in [-0.25, -0.2) is 0 Å². The largest absolute Gasteiger partial charge is 0.456 e. The Balaban J connectivity index is 1.23. The molecule has 8 aromatic carbocycles. The quantitative estimate of drug-likeness (QED) is 0.183. The minimum Gasteiger partial charge on any atom is -0.456 e. The second-order valence-electron chi connectivity index (χ2n) is 12.2. The lowest BCUT2D eigenvalue weighted by atomic mass is 9.93. The van der Waals surface area contributed by atoms with E-state index >= 15 is 0 Å². The Labute approximate surface area is 274 Å². The molecule has 0 amide bonds. The van der Waals surface area contributed by atoms with Gasteiger partial charge < -0.3 is 9.47 Å². The summed E-state index contributed by atoms with van der Waals surface area (Å²) in [4.78, 5) is 0. The minimum absolute atomic E-state index is 0.872. The first-order valence-electron chi connectivity index (χ1n) is 15.9. The maximum atomic E-state index is 6.89. The highest BCUT2D eigenvalue weighted by Crippen LogP contribution is 2.56. The third kappa shape index (κ3) is 4.23. The van der Waals surface area contributed by atoms with Gasteiger partial charge in [-0.1, -0.05) is 121 Å². The maximum absolute atomic E-state index is 6.89. The Bertz CT molecular complexity index is 2350. The molecule has 0 aliphatic carbocycles. The van der Waals surface area contributed by atoms with Gasteiger partial charge in [-0.3, -0.25) is 0 Å². The molecule has 220 valence electrons. The summed E-state index contributed by atoms with van der Waals surface area (Å²) in [6.07, 6.45) is 0. The van der Waals surface area contributed by atoms with Crippen LogP contribution in [0.2, 0.25) is 0 Å². The third-order valence-electron chi connectivity index (χ3n) is 9.36. The number of hydrogen-bond donors (Lipinski definition) is 0. The van der Waals surface area contributed by atoms with E-state index in [2.05, 4.69) is 164 Å². The molecule has 0 fully saturated rings. The number of ether oxygens (including phenoxy) is 2. The van der Waals surface area contributed by atoms with Crippen molar-refractivity contribution in [1.82, 2.24) is 0 Å². The van der Waals surface area contributed by atoms with Crippen LogP contribution in [0.5, 0.6) is 23.0 Å². The van der Waals surface area contributed by atoms with Crippen LogP contribution in [0.1, 0.15) is 0 Å². The fourth-order valence-electron chi connectivity index (χ4n) is 7.18. The summed E-state index contributed by atoms with van der Waals surface area (Å²) in [6.45, 7) is 0. The van der Waals surface area contributed by atoms with Crippen molar-refractivity contribution >= 4 is 45.4 Å². The van der Waals surface area contributed by atoms with Crippen LogP contribution in [-0.4, -0.2) is 0 Å². The standard InChI is InChI=1S/C44H27O2P/c1-3-11-28(12-4-1)32-23-33(29-13-5-2-6-14-29)25-34(24-32)35-26-40-44-41(27-35)46-39-22-20-31-16-8-10-18-37(31)43(39)47(44)42-36-17-9-7-15-30(36)19-21-38(42)45-40/h1-27H. The van der Waals surface area contributed by atoms with Crippen LogP contribution in [0.3, 0.4) is 0 Å². The molecule has 0 saturated carbocycles. The van der Waals surface area contributed by atoms with E-state index in [9.17, 15) is 0 Å². The molecule has 0 radical (unpaired) electrons. The highest BCUT2D eigenvalue weighted by molar-refractivity contribution is 7.81. The predicted molar refractivity (Wildman–Crippen MR) is 197 cm³/mol. The van der Waals surface area contributed by atoms with E-state index in [1.807, 2.05) is 0 Å². The molecule has 0 spiro atoms. The fraction of sp³-hybridized carbons (Fsp3) is 0. The molecule has 47 heavy (non-hydrogen) atoms. The maximum Gasteiger partial charge on any atom is 0.140 e. The summed E-state index contributed by atoms with van der Waals surface area (Å²) in [5, 5.41) is 8.59. The topological polar surface area (TPSA) is 18.5 Å². The molecular formula is C44H27O2P. The van der Waals surface area contributed by atoms with E-state index < -0.39 is 7.92 Å². The summed E-state index contributed by atoms with van der Waals surface area (Å²) >= 11 is 0. The summed E-state index contributed by atoms with van der Waals surface area (Å²) in [7, 11) is -0.967. The molecule has 0 saturated heterocycles. The average molecular weight is 619 g/mol. The molecule has 3 heteroatoms. The highest BCUT2D eigenvalue weighted by atomic mass is 31.1. The van der Waals surface area contributed by atoms with E-state index in [0.717, 1.165) is 39.4 Å². The highest BCUT2D eigenvalue weighted by Gasteiger charge is 2.39. The Morgan fingerprint density at radius 2 is 0.702 bits per heavy atom. The predicted octanol–water partition coefficient (Wildman–Crippen LogP) is 11.0. The number of benzene rings is 8. The average Bonchev–Trinajstić information content (AvgIpc) is 3.14. The van der Waals surface area contributed by atoms with Crippen molar-refractivity contribution in [3.8, 4) is 56.4 Å². The van der Waals surface area contributed by atoms with Gasteiger partial charge in [0.1, 0.15) is 23.0 Å². The van der Waals surface area contributed by atoms with Crippen LogP contribution in [0.15, 0.2) is 164 Å². The first kappa shape index (κ1) is 26.5. The van der Waals surface area contributed by atoms with Gasteiger partial charge in [-0.05, 0) is 97.4 Å². The summed E-state index contributed by atoms with van der Waals surface area (Å²) in [5.41, 5.74) is 6.90. The van der Waals surface area contributed by atoms with Crippen molar-refractivity contribution in [3.05, 3.63) is 164 Å². The van der Waals surface area contributed by atoms with Crippen molar-refractivity contribution < 1.29 is 9.47 Å². The van der Waals surface area contributed by atoms with Crippen LogP contribution in [0.25, 0.3) is 54.9 Å². The van der Waals surface area contributed by atoms with Gasteiger partial charge in [0.2, 0.25) is 0 Å². The van der Waals surface area contributed by atoms with Gasteiger partial charge in [0.15, 0.2) is 0 Å². The monoisotopic (exact) mass is 618 g/mol. The van der Waals surface area contributed by atoms with E-state index in [4.69, 9.17) is 9.47 Å². The van der Waals surface area contributed by atoms with Crippen LogP contribution < -0.4 is 25.4 Å². The normalized spacial score (nSPS) is 12.9. The first-order chi connectivity index (χ1) is 23.3. The fourth-order valence-corrected chi connectivity index (χ4v) is 10.1. The molecule has 8 aromatic rings. The molecular weight excluding hydrogens is 591 g/mol. The zero-order valence-corrected chi connectivity index (χ0v) is 26.2. The first-order valence-corrected chi connectivity index (χ1v) is 17.3. The van der Waals surface area contributed by atoms with Gasteiger partial charge in [0.05, 0.1) is 5.30 Å². The van der Waals surface area contributed by atoms with Gasteiger partial charge in [-0.2, -0.15) is 0 Å². The summed E-state index contributed by atoms with van der Waals surface area (Å²) in [6, 6.07) is 58.5. The van der Waals surface area contributed by atoms with Gasteiger partial charge in [-0.15, -0.1) is 0 Å². The second kappa shape index (κ2) is 10.4. The smallest absolute Gasteiger partial charge is 0.140 e. The Morgan fingerprint density at radius 3 is 1.19 bits per heavy atom. The minimum atomic E-state index is -0.967. The van der Waals surface area contributed by atoms with Crippen molar-refractivity contribution in [1.29, 1.82) is 0 Å². The molecule has 0 unspecified atom stereocenters. The van der Waals surface area contributed by atoms with Crippen molar-refractivity contribution in [2.24, 2.45) is 0 Å². The molecule has 0 N–H and O–H groups in total. The van der Waals surface area contributed by atoms with E-state index in [1.54, 1.807) is 0 Å². The molecule has 2 nitrogen and oxygen atoms in total. The molecule has 2 heterocycles. The zero-order chi connectivity index (χ0) is 30.9. The van der Waals surface area contributed by atoms with Crippen LogP contribution >= 0.6 is 7.92 Å². The third-order valence-corrected chi connectivity index (χ3v) is 12.1. The lowest BCUT2D eigenvalue weighted by Crippen LogP contribution is -2.32. The lowest BCUT2D eigenvalue weighted by Gasteiger charge is -2.36. The summed E-state index contributed by atoms with van der Waals surface area (Å²) in [5.74, 6) is 3.59. The van der Waals surface area contributed by atoms with E-state index in [-0.39, 0.29) is 0 Å². The van der Waals surface area contributed by atoms with Gasteiger partial charge in [0.25, 0.3) is 0 Å². The van der Waals surface area contributed by atoms with Crippen LogP contribution in [0, 0.1) is 0 Å². The molecule has 2 aliphatic rings. The van der Waals surface area contributed by atoms with E-state index in [0.29, 0.717) is 0 Å². The molecule has 0 aromatic heterocycles. The van der Waals surface area contributed by atoms with E-state index in [1.165, 1.54) is 54.4 Å². The lowest BCUT2D eigenvalue weighted by molar-refractivity contribution is 0.467. The van der Waals surface area contributed by atoms with Gasteiger partial charge in [0, 0.05) is 18.5 Å². The molecule has 2 aliphatic heterocycles. The van der Waals surface area contributed by atoms with Gasteiger partial charge >= 0.3 is 0 Å². The SMILES string of the molecule is c1ccc(-c2cc(-c3ccccc3)cc(-c3cc4c5c(c3)Oc3ccc6ccccc6c3P5c3c(ccc5ccccc35)O4)c2)cc1. The second-order valence-corrected chi connectivity index (χ2v) is 14.2. The summed E-state index contributed by atoms with van der Waals surface area (Å²) < 4.78 is 13.8. The van der Waals surface area contributed by atoms with Crippen molar-refractivity contribution in [2.75, 3.05) is 0 Å². The zero-order valence-electron chi connectivity index (χ0n) is 25.4. The molecule has 0 bridgehead atoms. The Hall–Kier alpha value is -5.69. The van der Waals surface area contributed by atoms with Crippen LogP contribution in [0.4, 0.5) is 0 Å². The Kier molecular flexibility index (Phi) is 5.88. The van der Waals surface area contributed by atoms with Crippen molar-refractivity contribution in [3.63, 3.8) is 0 Å². The molecule has 0 atom stereocenters.